The standard InChI is InChI=1S/C13H22N4O3/c1-12(2,3)20-11(18)17-6-4-13(5-7-17)8-10(9-19-13)15-16-14/h10H,4-9H2,1-3H3/t10-/m0/s1. The molecule has 7 heteroatoms. The smallest absolute Gasteiger partial charge is 0.410 e. The molecule has 112 valence electrons. The fraction of sp³-hybridized carbons (Fsp3) is 0.923. The van der Waals surface area contributed by atoms with Crippen LogP contribution in [0.2, 0.25) is 0 Å². The maximum atomic E-state index is 12.0. The van der Waals surface area contributed by atoms with Gasteiger partial charge in [-0.3, -0.25) is 0 Å². The van der Waals surface area contributed by atoms with Gasteiger partial charge < -0.3 is 14.4 Å². The minimum absolute atomic E-state index is 0.0759. The van der Waals surface area contributed by atoms with Crippen LogP contribution in [0.15, 0.2) is 5.11 Å². The predicted molar refractivity (Wildman–Crippen MR) is 73.3 cm³/mol. The number of piperidine rings is 1. The van der Waals surface area contributed by atoms with Crippen molar-refractivity contribution in [2.24, 2.45) is 5.11 Å². The van der Waals surface area contributed by atoms with Crippen LogP contribution in [0, 0.1) is 0 Å². The van der Waals surface area contributed by atoms with E-state index >= 15 is 0 Å². The fourth-order valence-corrected chi connectivity index (χ4v) is 2.74. The lowest BCUT2D eigenvalue weighted by molar-refractivity contribution is -0.0485. The first-order valence-corrected chi connectivity index (χ1v) is 7.00. The van der Waals surface area contributed by atoms with E-state index in [9.17, 15) is 4.79 Å². The van der Waals surface area contributed by atoms with E-state index in [0.717, 1.165) is 19.3 Å². The number of carbonyl (C=O) groups excluding carboxylic acids is 1. The van der Waals surface area contributed by atoms with E-state index < -0.39 is 5.60 Å². The van der Waals surface area contributed by atoms with Crippen LogP contribution in [0.25, 0.3) is 10.4 Å². The third-order valence-corrected chi connectivity index (χ3v) is 3.73. The Morgan fingerprint density at radius 3 is 2.65 bits per heavy atom. The number of nitrogens with zero attached hydrogens (tertiary/aromatic N) is 4. The highest BCUT2D eigenvalue weighted by Gasteiger charge is 2.43. The summed E-state index contributed by atoms with van der Waals surface area (Å²) in [6.07, 6.45) is 2.02. The van der Waals surface area contributed by atoms with Gasteiger partial charge in [-0.1, -0.05) is 5.11 Å². The molecule has 0 aliphatic carbocycles. The first-order chi connectivity index (χ1) is 9.34. The molecule has 0 N–H and O–H groups in total. The normalized spacial score (nSPS) is 25.4. The lowest BCUT2D eigenvalue weighted by atomic mass is 9.88. The highest BCUT2D eigenvalue weighted by atomic mass is 16.6. The molecule has 0 aromatic carbocycles. The first kappa shape index (κ1) is 14.9. The zero-order chi connectivity index (χ0) is 14.8. The second kappa shape index (κ2) is 5.50. The summed E-state index contributed by atoms with van der Waals surface area (Å²) in [6, 6.07) is -0.0759. The van der Waals surface area contributed by atoms with Gasteiger partial charge in [-0.25, -0.2) is 4.79 Å². The number of ether oxygens (including phenoxy) is 2. The summed E-state index contributed by atoms with van der Waals surface area (Å²) < 4.78 is 11.2. The second-order valence-corrected chi connectivity index (χ2v) is 6.52. The van der Waals surface area contributed by atoms with E-state index in [2.05, 4.69) is 10.0 Å². The van der Waals surface area contributed by atoms with Crippen molar-refractivity contribution < 1.29 is 14.3 Å². The average molecular weight is 282 g/mol. The Kier molecular flexibility index (Phi) is 4.11. The van der Waals surface area contributed by atoms with Crippen LogP contribution in [0.4, 0.5) is 4.79 Å². The molecular formula is C13H22N4O3. The van der Waals surface area contributed by atoms with Crippen LogP contribution in [-0.2, 0) is 9.47 Å². The van der Waals surface area contributed by atoms with Gasteiger partial charge in [0, 0.05) is 18.0 Å². The van der Waals surface area contributed by atoms with Gasteiger partial charge in [0.15, 0.2) is 0 Å². The van der Waals surface area contributed by atoms with Crippen molar-refractivity contribution in [2.45, 2.75) is 57.3 Å². The fourth-order valence-electron chi connectivity index (χ4n) is 2.74. The molecule has 2 heterocycles. The van der Waals surface area contributed by atoms with Gasteiger partial charge in [0.05, 0.1) is 18.2 Å². The molecule has 7 nitrogen and oxygen atoms in total. The Morgan fingerprint density at radius 1 is 1.45 bits per heavy atom. The largest absolute Gasteiger partial charge is 0.444 e. The number of hydrogen-bond acceptors (Lipinski definition) is 4. The maximum Gasteiger partial charge on any atom is 0.410 e. The monoisotopic (exact) mass is 282 g/mol. The Balaban J connectivity index is 1.87. The van der Waals surface area contributed by atoms with Crippen LogP contribution in [0.1, 0.15) is 40.0 Å². The van der Waals surface area contributed by atoms with Crippen molar-refractivity contribution in [1.29, 1.82) is 0 Å². The third-order valence-electron chi connectivity index (χ3n) is 3.73. The van der Waals surface area contributed by atoms with E-state index in [1.165, 1.54) is 0 Å². The van der Waals surface area contributed by atoms with Crippen LogP contribution in [0.3, 0.4) is 0 Å². The number of rotatable bonds is 1. The average Bonchev–Trinajstić information content (AvgIpc) is 2.71. The summed E-state index contributed by atoms with van der Waals surface area (Å²) in [5, 5.41) is 3.73. The summed E-state index contributed by atoms with van der Waals surface area (Å²) in [5.74, 6) is 0. The van der Waals surface area contributed by atoms with Gasteiger partial charge in [0.25, 0.3) is 0 Å². The Bertz CT molecular complexity index is 418. The van der Waals surface area contributed by atoms with Crippen molar-refractivity contribution in [3.8, 4) is 0 Å². The van der Waals surface area contributed by atoms with Gasteiger partial charge in [0.1, 0.15) is 5.60 Å². The van der Waals surface area contributed by atoms with E-state index in [4.69, 9.17) is 15.0 Å². The van der Waals surface area contributed by atoms with E-state index in [1.54, 1.807) is 4.90 Å². The minimum Gasteiger partial charge on any atom is -0.444 e. The van der Waals surface area contributed by atoms with Crippen LogP contribution >= 0.6 is 0 Å². The summed E-state index contributed by atoms with van der Waals surface area (Å²) >= 11 is 0. The molecular weight excluding hydrogens is 260 g/mol. The van der Waals surface area contributed by atoms with Crippen LogP contribution < -0.4 is 0 Å². The summed E-state index contributed by atoms with van der Waals surface area (Å²) in [4.78, 5) is 16.5. The molecule has 0 aromatic rings. The highest BCUT2D eigenvalue weighted by molar-refractivity contribution is 5.68. The van der Waals surface area contributed by atoms with Gasteiger partial charge in [0.2, 0.25) is 0 Å². The third kappa shape index (κ3) is 3.55. The summed E-state index contributed by atoms with van der Waals surface area (Å²) in [5.41, 5.74) is 7.78. The second-order valence-electron chi connectivity index (χ2n) is 6.52. The Morgan fingerprint density at radius 2 is 2.10 bits per heavy atom. The number of hydrogen-bond donors (Lipinski definition) is 0. The number of likely N-dealkylation sites (tertiary alicyclic amines) is 1. The minimum atomic E-state index is -0.470. The summed E-state index contributed by atoms with van der Waals surface area (Å²) in [6.45, 7) is 7.31. The molecule has 0 bridgehead atoms. The van der Waals surface area contributed by atoms with Crippen molar-refractivity contribution in [1.82, 2.24) is 4.90 Å². The molecule has 1 amide bonds. The molecule has 2 aliphatic rings. The van der Waals surface area contributed by atoms with Crippen LogP contribution in [0.5, 0.6) is 0 Å². The number of azide groups is 1. The molecule has 0 radical (unpaired) electrons. The van der Waals surface area contributed by atoms with Gasteiger partial charge in [-0.15, -0.1) is 0 Å². The molecule has 2 aliphatic heterocycles. The number of amides is 1. The maximum absolute atomic E-state index is 12.0. The molecule has 2 fully saturated rings. The van der Waals surface area contributed by atoms with Crippen molar-refractivity contribution in [3.63, 3.8) is 0 Å². The van der Waals surface area contributed by atoms with E-state index in [-0.39, 0.29) is 17.7 Å². The van der Waals surface area contributed by atoms with E-state index in [0.29, 0.717) is 19.7 Å². The summed E-state index contributed by atoms with van der Waals surface area (Å²) in [7, 11) is 0. The molecule has 1 spiro atoms. The Labute approximate surface area is 118 Å². The van der Waals surface area contributed by atoms with E-state index in [1.807, 2.05) is 20.8 Å². The lowest BCUT2D eigenvalue weighted by Gasteiger charge is -2.39. The van der Waals surface area contributed by atoms with Crippen molar-refractivity contribution >= 4 is 6.09 Å². The Hall–Kier alpha value is -1.46. The molecule has 1 atom stereocenters. The van der Waals surface area contributed by atoms with Crippen molar-refractivity contribution in [3.05, 3.63) is 10.4 Å². The molecule has 0 unspecified atom stereocenters. The van der Waals surface area contributed by atoms with Gasteiger partial charge in [-0.2, -0.15) is 0 Å². The molecule has 2 saturated heterocycles. The predicted octanol–water partition coefficient (Wildman–Crippen LogP) is 2.86. The SMILES string of the molecule is CC(C)(C)OC(=O)N1CCC2(CC1)C[C@H](N=[N+]=[N-])CO2. The van der Waals surface area contributed by atoms with Crippen molar-refractivity contribution in [2.75, 3.05) is 19.7 Å². The first-order valence-electron chi connectivity index (χ1n) is 7.00. The zero-order valence-electron chi connectivity index (χ0n) is 12.3. The zero-order valence-corrected chi connectivity index (χ0v) is 12.3. The molecule has 0 saturated carbocycles. The molecule has 20 heavy (non-hydrogen) atoms. The quantitative estimate of drug-likeness (QED) is 0.421. The topological polar surface area (TPSA) is 87.5 Å². The lowest BCUT2D eigenvalue weighted by Crippen LogP contribution is -2.48. The van der Waals surface area contributed by atoms with Gasteiger partial charge in [-0.05, 0) is 45.6 Å². The molecule has 0 aromatic heterocycles. The number of carbonyl (C=O) groups is 1. The van der Waals surface area contributed by atoms with Gasteiger partial charge >= 0.3 is 6.09 Å². The van der Waals surface area contributed by atoms with Crippen LogP contribution in [-0.4, -0.2) is 47.9 Å². The molecule has 2 rings (SSSR count). The highest BCUT2D eigenvalue weighted by Crippen LogP contribution is 2.37.